The van der Waals surface area contributed by atoms with E-state index in [1.807, 2.05) is 12.1 Å². The maximum Gasteiger partial charge on any atom is 0.191 e. The van der Waals surface area contributed by atoms with Crippen LogP contribution in [0.1, 0.15) is 31.4 Å². The summed E-state index contributed by atoms with van der Waals surface area (Å²) in [6, 6.07) is 5.71. The summed E-state index contributed by atoms with van der Waals surface area (Å²) in [6.07, 6.45) is 2.63. The summed E-state index contributed by atoms with van der Waals surface area (Å²) in [5.74, 6) is 1.54. The van der Waals surface area contributed by atoms with Crippen molar-refractivity contribution in [2.75, 3.05) is 26.8 Å². The largest absolute Gasteiger partial charge is 0.379 e. The molecule has 1 atom stereocenters. The molecule has 2 N–H and O–H groups in total. The summed E-state index contributed by atoms with van der Waals surface area (Å²) in [6.45, 7) is 4.36. The molecule has 1 fully saturated rings. The molecular formula is C16H24Cl2IN3O. The third kappa shape index (κ3) is 7.45. The Morgan fingerprint density at radius 2 is 2.09 bits per heavy atom. The van der Waals surface area contributed by atoms with Crippen LogP contribution in [0.4, 0.5) is 0 Å². The number of hydrogen-bond acceptors (Lipinski definition) is 2. The molecule has 7 heteroatoms. The smallest absolute Gasteiger partial charge is 0.191 e. The van der Waals surface area contributed by atoms with Crippen molar-refractivity contribution in [3.63, 3.8) is 0 Å². The number of aliphatic imine (C=N–C) groups is 1. The van der Waals surface area contributed by atoms with Gasteiger partial charge in [0.25, 0.3) is 0 Å². The Labute approximate surface area is 165 Å². The van der Waals surface area contributed by atoms with E-state index in [1.54, 1.807) is 13.1 Å². The standard InChI is InChI=1S/C16H23Cl2N3O.HI/c1-11(13-5-6-14(17)15(18)9-13)21-16(19-2)20-7-8-22-10-12-3-4-12;/h5-6,9,11-12H,3-4,7-8,10H2,1-2H3,(H2,19,20,21);1H. The van der Waals surface area contributed by atoms with Crippen molar-refractivity contribution in [2.45, 2.75) is 25.8 Å². The van der Waals surface area contributed by atoms with Crippen LogP contribution in [-0.4, -0.2) is 32.8 Å². The van der Waals surface area contributed by atoms with Crippen molar-refractivity contribution < 1.29 is 4.74 Å². The summed E-state index contributed by atoms with van der Waals surface area (Å²) in [5, 5.41) is 7.69. The third-order valence-corrected chi connectivity index (χ3v) is 4.35. The molecule has 1 aromatic rings. The van der Waals surface area contributed by atoms with Crippen LogP contribution in [0.3, 0.4) is 0 Å². The van der Waals surface area contributed by atoms with E-state index in [0.717, 1.165) is 30.6 Å². The van der Waals surface area contributed by atoms with Gasteiger partial charge >= 0.3 is 0 Å². The van der Waals surface area contributed by atoms with Crippen molar-refractivity contribution in [2.24, 2.45) is 10.9 Å². The first-order chi connectivity index (χ1) is 10.6. The van der Waals surface area contributed by atoms with Crippen LogP contribution in [0.5, 0.6) is 0 Å². The lowest BCUT2D eigenvalue weighted by molar-refractivity contribution is 0.129. The van der Waals surface area contributed by atoms with E-state index in [4.69, 9.17) is 27.9 Å². The van der Waals surface area contributed by atoms with Gasteiger partial charge in [-0.25, -0.2) is 0 Å². The summed E-state index contributed by atoms with van der Waals surface area (Å²) in [4.78, 5) is 4.22. The molecule has 0 heterocycles. The van der Waals surface area contributed by atoms with Gasteiger partial charge in [-0.2, -0.15) is 0 Å². The van der Waals surface area contributed by atoms with Crippen LogP contribution in [-0.2, 0) is 4.74 Å². The summed E-state index contributed by atoms with van der Waals surface area (Å²) >= 11 is 12.0. The Balaban J connectivity index is 0.00000264. The Morgan fingerprint density at radius 1 is 1.35 bits per heavy atom. The van der Waals surface area contributed by atoms with Crippen molar-refractivity contribution in [1.82, 2.24) is 10.6 Å². The third-order valence-electron chi connectivity index (χ3n) is 3.61. The molecule has 1 saturated carbocycles. The van der Waals surface area contributed by atoms with Crippen LogP contribution < -0.4 is 10.6 Å². The fraction of sp³-hybridized carbons (Fsp3) is 0.562. The molecule has 1 aliphatic carbocycles. The maximum absolute atomic E-state index is 6.06. The number of halogens is 3. The molecule has 4 nitrogen and oxygen atoms in total. The van der Waals surface area contributed by atoms with Gasteiger partial charge in [0.15, 0.2) is 5.96 Å². The van der Waals surface area contributed by atoms with Crippen molar-refractivity contribution >= 4 is 53.1 Å². The Hall–Kier alpha value is -0.240. The number of hydrogen-bond donors (Lipinski definition) is 2. The first-order valence-corrected chi connectivity index (χ1v) is 8.35. The lowest BCUT2D eigenvalue weighted by Gasteiger charge is -2.18. The minimum atomic E-state index is 0. The van der Waals surface area contributed by atoms with E-state index in [1.165, 1.54) is 12.8 Å². The Kier molecular flexibility index (Phi) is 9.58. The molecule has 1 aliphatic rings. The molecule has 23 heavy (non-hydrogen) atoms. The van der Waals surface area contributed by atoms with E-state index in [2.05, 4.69) is 22.5 Å². The summed E-state index contributed by atoms with van der Waals surface area (Å²) in [5.41, 5.74) is 1.06. The van der Waals surface area contributed by atoms with Gasteiger partial charge in [0, 0.05) is 20.2 Å². The second kappa shape index (κ2) is 10.6. The predicted molar refractivity (Wildman–Crippen MR) is 108 cm³/mol. The number of ether oxygens (including phenoxy) is 1. The lowest BCUT2D eigenvalue weighted by Crippen LogP contribution is -2.40. The molecule has 0 spiro atoms. The molecule has 2 rings (SSSR count). The van der Waals surface area contributed by atoms with E-state index in [-0.39, 0.29) is 30.0 Å². The molecule has 0 bridgehead atoms. The van der Waals surface area contributed by atoms with Gasteiger partial charge in [0.1, 0.15) is 0 Å². The molecule has 0 radical (unpaired) electrons. The lowest BCUT2D eigenvalue weighted by atomic mass is 10.1. The van der Waals surface area contributed by atoms with Crippen molar-refractivity contribution in [3.05, 3.63) is 33.8 Å². The van der Waals surface area contributed by atoms with E-state index < -0.39 is 0 Å². The van der Waals surface area contributed by atoms with Crippen LogP contribution in [0.25, 0.3) is 0 Å². The SMILES string of the molecule is CN=C(NCCOCC1CC1)NC(C)c1ccc(Cl)c(Cl)c1.I. The molecule has 0 saturated heterocycles. The first kappa shape index (κ1) is 20.8. The van der Waals surface area contributed by atoms with Gasteiger partial charge in [-0.3, -0.25) is 4.99 Å². The van der Waals surface area contributed by atoms with Gasteiger partial charge in [0.2, 0.25) is 0 Å². The highest BCUT2D eigenvalue weighted by Gasteiger charge is 2.20. The molecule has 0 amide bonds. The summed E-state index contributed by atoms with van der Waals surface area (Å²) in [7, 11) is 1.75. The summed E-state index contributed by atoms with van der Waals surface area (Å²) < 4.78 is 5.59. The Bertz CT molecular complexity index is 524. The van der Waals surface area contributed by atoms with Crippen LogP contribution in [0.15, 0.2) is 23.2 Å². The van der Waals surface area contributed by atoms with Crippen LogP contribution in [0.2, 0.25) is 10.0 Å². The van der Waals surface area contributed by atoms with E-state index in [0.29, 0.717) is 16.7 Å². The van der Waals surface area contributed by atoms with Gasteiger partial charge in [-0.1, -0.05) is 29.3 Å². The second-order valence-electron chi connectivity index (χ2n) is 5.56. The predicted octanol–water partition coefficient (Wildman–Crippen LogP) is 4.26. The average Bonchev–Trinajstić information content (AvgIpc) is 3.32. The molecule has 130 valence electrons. The highest BCUT2D eigenvalue weighted by molar-refractivity contribution is 14.0. The highest BCUT2D eigenvalue weighted by Crippen LogP contribution is 2.28. The van der Waals surface area contributed by atoms with Gasteiger partial charge < -0.3 is 15.4 Å². The zero-order valence-corrected chi connectivity index (χ0v) is 17.3. The fourth-order valence-corrected chi connectivity index (χ4v) is 2.35. The molecular weight excluding hydrogens is 448 g/mol. The number of rotatable bonds is 7. The van der Waals surface area contributed by atoms with Gasteiger partial charge in [0.05, 0.1) is 22.7 Å². The fourth-order valence-electron chi connectivity index (χ4n) is 2.04. The van der Waals surface area contributed by atoms with Crippen molar-refractivity contribution in [3.8, 4) is 0 Å². The number of nitrogens with one attached hydrogen (secondary N) is 2. The zero-order valence-electron chi connectivity index (χ0n) is 13.4. The van der Waals surface area contributed by atoms with E-state index >= 15 is 0 Å². The van der Waals surface area contributed by atoms with Crippen LogP contribution in [0, 0.1) is 5.92 Å². The monoisotopic (exact) mass is 471 g/mol. The average molecular weight is 472 g/mol. The topological polar surface area (TPSA) is 45.7 Å². The van der Waals surface area contributed by atoms with Crippen molar-refractivity contribution in [1.29, 1.82) is 0 Å². The minimum Gasteiger partial charge on any atom is -0.379 e. The van der Waals surface area contributed by atoms with Gasteiger partial charge in [-0.15, -0.1) is 24.0 Å². The number of benzene rings is 1. The first-order valence-electron chi connectivity index (χ1n) is 7.60. The van der Waals surface area contributed by atoms with E-state index in [9.17, 15) is 0 Å². The zero-order chi connectivity index (χ0) is 15.9. The molecule has 1 unspecified atom stereocenters. The number of nitrogens with zero attached hydrogens (tertiary/aromatic N) is 1. The normalized spacial score (nSPS) is 15.7. The Morgan fingerprint density at radius 3 is 2.70 bits per heavy atom. The number of guanidine groups is 1. The molecule has 0 aliphatic heterocycles. The quantitative estimate of drug-likeness (QED) is 0.270. The van der Waals surface area contributed by atoms with Crippen LogP contribution >= 0.6 is 47.2 Å². The van der Waals surface area contributed by atoms with Gasteiger partial charge in [-0.05, 0) is 43.4 Å². The molecule has 1 aromatic carbocycles. The molecule has 0 aromatic heterocycles. The minimum absolute atomic E-state index is 0. The maximum atomic E-state index is 6.06. The second-order valence-corrected chi connectivity index (χ2v) is 6.37. The highest BCUT2D eigenvalue weighted by atomic mass is 127.